The number of ether oxygens (including phenoxy) is 3. The molecule has 1 fully saturated rings. The minimum Gasteiger partial charge on any atom is -0.460 e. The maximum absolute atomic E-state index is 15.3. The highest BCUT2D eigenvalue weighted by molar-refractivity contribution is 6.00. The van der Waals surface area contributed by atoms with Crippen LogP contribution in [0.2, 0.25) is 0 Å². The van der Waals surface area contributed by atoms with Gasteiger partial charge in [0.05, 0.1) is 11.0 Å². The standard InChI is InChI=1S/C70H114N12O19/c1-25-26-27-41(12)58(84)57-63(89)75-54(45(16)99-47(18)83)68(94)76(19)44(15)65(91)80(23)56(46(17)100-70(96)101-49-30-28-48(29-31-49)82(97)98)62(88)74-50(32-36(2)3)66(92)78(21)52(34-38(6)7)60(86)71-42(13)59(85)72-43(14)64(90)77(20)53(35-39(8)9)61(87)73-51(33-37(4)5)67(93)79(22)55(40(10)11)69(95)81(57)24/h25-26,28-31,36-46,50-58,84H,27,32-35H2,1-24H3,(H,71,86)(H,72,85)(H,73,87)(H,74,88)(H,75,89)/t41-,42+,43-,44-,45-,46?,50+,51+,52+,53+,54+,55+,56+,57+,58-/m1/s1. The topological polar surface area (TPSA) is 393 Å². The number of aliphatic hydroxyl groups is 1. The van der Waals surface area contributed by atoms with Crippen molar-refractivity contribution in [2.75, 3.05) is 42.3 Å². The highest BCUT2D eigenvalue weighted by atomic mass is 16.7. The average molecular weight is 1430 g/mol. The van der Waals surface area contributed by atoms with Gasteiger partial charge >= 0.3 is 12.1 Å². The lowest BCUT2D eigenvalue weighted by molar-refractivity contribution is -0.384. The molecule has 31 heteroatoms. The molecule has 0 radical (unpaired) electrons. The number of benzene rings is 1. The van der Waals surface area contributed by atoms with Crippen LogP contribution in [0.15, 0.2) is 36.4 Å². The van der Waals surface area contributed by atoms with Gasteiger partial charge in [0, 0.05) is 61.3 Å². The Kier molecular flexibility index (Phi) is 35.0. The molecule has 1 saturated heterocycles. The molecule has 0 saturated carbocycles. The lowest BCUT2D eigenvalue weighted by Gasteiger charge is -2.40. The molecule has 1 heterocycles. The van der Waals surface area contributed by atoms with Gasteiger partial charge in [-0.05, 0) is 121 Å². The van der Waals surface area contributed by atoms with Crippen molar-refractivity contribution in [2.24, 2.45) is 35.5 Å². The number of esters is 1. The molecule has 2 rings (SSSR count). The zero-order chi connectivity index (χ0) is 77.7. The van der Waals surface area contributed by atoms with E-state index in [0.29, 0.717) is 0 Å². The maximum Gasteiger partial charge on any atom is 0.514 e. The van der Waals surface area contributed by atoms with E-state index in [1.165, 1.54) is 62.8 Å². The molecule has 1 unspecified atom stereocenters. The first-order chi connectivity index (χ1) is 46.7. The third kappa shape index (κ3) is 25.4. The summed E-state index contributed by atoms with van der Waals surface area (Å²) >= 11 is 0. The Morgan fingerprint density at radius 3 is 1.42 bits per heavy atom. The van der Waals surface area contributed by atoms with E-state index in [4.69, 9.17) is 14.2 Å². The lowest BCUT2D eigenvalue weighted by Crippen LogP contribution is -2.65. The molecule has 1 aliphatic rings. The zero-order valence-electron chi connectivity index (χ0n) is 63.5. The Morgan fingerprint density at radius 2 is 0.950 bits per heavy atom. The number of nitro benzene ring substituents is 1. The van der Waals surface area contributed by atoms with Crippen LogP contribution in [0.4, 0.5) is 10.5 Å². The van der Waals surface area contributed by atoms with Gasteiger partial charge in [-0.1, -0.05) is 88.3 Å². The number of likely N-dealkylation sites (N-methyl/N-ethyl adjacent to an activating group) is 6. The fraction of sp³-hybridized carbons (Fsp3) is 0.700. The SMILES string of the molecule is CC=CC[C@@H](C)[C@@H](O)[C@H]1C(=O)N[C@@H]([C@@H](C)OC(C)=O)C(=O)N(C)[C@H](C)C(=O)N(C)[C@@H](C(C)OC(=O)Oc2ccc([N+](=O)[O-])cc2)C(=O)N[C@@H](CC(C)C)C(=O)N(C)[C@@H](CC(C)C)C(=O)N[C@@H](C)C(=O)N[C@H](C)C(=O)N(C)[C@@H](CC(C)C)C(=O)N[C@@H](CC(C)C)C(=O)N(C)[C@@H](C(C)C)C(=O)N1C. The van der Waals surface area contributed by atoms with Crippen LogP contribution in [0.25, 0.3) is 0 Å². The van der Waals surface area contributed by atoms with Gasteiger partial charge in [-0.25, -0.2) is 4.79 Å². The second-order valence-electron chi connectivity index (χ2n) is 28.6. The minimum absolute atomic E-state index is 0.0195. The Morgan fingerprint density at radius 1 is 0.515 bits per heavy atom. The molecule has 15 atom stereocenters. The van der Waals surface area contributed by atoms with E-state index in [2.05, 4.69) is 26.6 Å². The first kappa shape index (κ1) is 88.3. The third-order valence-corrected chi connectivity index (χ3v) is 17.8. The summed E-state index contributed by atoms with van der Waals surface area (Å²) in [5.74, 6) is -13.6. The molecule has 1 aromatic rings. The Balaban J connectivity index is 3.18. The number of allylic oxidation sites excluding steroid dienone is 2. The van der Waals surface area contributed by atoms with Crippen molar-refractivity contribution in [3.8, 4) is 5.75 Å². The molecular weight excluding hydrogens is 1310 g/mol. The summed E-state index contributed by atoms with van der Waals surface area (Å²) in [5, 5.41) is 37.1. The molecule has 0 spiro atoms. The summed E-state index contributed by atoms with van der Waals surface area (Å²) in [7, 11) is 7.54. The molecule has 568 valence electrons. The quantitative estimate of drug-likeness (QED) is 0.0378. The van der Waals surface area contributed by atoms with Gasteiger partial charge in [-0.15, -0.1) is 0 Å². The highest BCUT2D eigenvalue weighted by Crippen LogP contribution is 2.26. The Bertz CT molecular complexity index is 3110. The zero-order valence-corrected chi connectivity index (χ0v) is 63.5. The van der Waals surface area contributed by atoms with E-state index in [0.717, 1.165) is 74.7 Å². The number of nitrogens with one attached hydrogen (secondary N) is 5. The number of nitrogens with zero attached hydrogens (tertiary/aromatic N) is 7. The van der Waals surface area contributed by atoms with Gasteiger partial charge in [0.25, 0.3) is 5.69 Å². The Labute approximate surface area is 594 Å². The molecule has 1 aliphatic heterocycles. The van der Waals surface area contributed by atoms with Crippen LogP contribution in [0.5, 0.6) is 5.75 Å². The van der Waals surface area contributed by atoms with Crippen LogP contribution in [0, 0.1) is 45.6 Å². The lowest BCUT2D eigenvalue weighted by atomic mass is 9.91. The van der Waals surface area contributed by atoms with Crippen LogP contribution in [0.1, 0.15) is 157 Å². The second-order valence-corrected chi connectivity index (χ2v) is 28.6. The molecular formula is C70H114N12O19. The number of carbonyl (C=O) groups excluding carboxylic acids is 13. The van der Waals surface area contributed by atoms with E-state index in [1.807, 2.05) is 27.7 Å². The minimum atomic E-state index is -1.91. The summed E-state index contributed by atoms with van der Waals surface area (Å²) in [6.07, 6.45) is -2.76. The number of rotatable bonds is 19. The van der Waals surface area contributed by atoms with Crippen LogP contribution in [-0.4, -0.2) is 244 Å². The molecule has 0 aliphatic carbocycles. The molecule has 0 bridgehead atoms. The van der Waals surface area contributed by atoms with Crippen LogP contribution in [0.3, 0.4) is 0 Å². The van der Waals surface area contributed by atoms with Crippen molar-refractivity contribution in [1.29, 1.82) is 0 Å². The van der Waals surface area contributed by atoms with Gasteiger partial charge < -0.3 is 75.3 Å². The average Bonchev–Trinajstić information content (AvgIpc) is 0.799. The highest BCUT2D eigenvalue weighted by Gasteiger charge is 2.47. The molecule has 6 N–H and O–H groups in total. The smallest absolute Gasteiger partial charge is 0.460 e. The summed E-state index contributed by atoms with van der Waals surface area (Å²) in [6.45, 7) is 28.4. The Hall–Kier alpha value is -8.77. The molecule has 11 amide bonds. The number of hydrogen-bond donors (Lipinski definition) is 6. The van der Waals surface area contributed by atoms with E-state index in [1.54, 1.807) is 67.5 Å². The van der Waals surface area contributed by atoms with Crippen molar-refractivity contribution in [3.05, 3.63) is 46.5 Å². The summed E-state index contributed by atoms with van der Waals surface area (Å²) in [4.78, 5) is 207. The normalized spacial score (nSPS) is 25.5. The first-order valence-electron chi connectivity index (χ1n) is 34.5. The number of nitro groups is 1. The van der Waals surface area contributed by atoms with Crippen molar-refractivity contribution in [1.82, 2.24) is 56.0 Å². The predicted molar refractivity (Wildman–Crippen MR) is 374 cm³/mol. The van der Waals surface area contributed by atoms with Crippen molar-refractivity contribution >= 4 is 82.8 Å². The van der Waals surface area contributed by atoms with Crippen molar-refractivity contribution < 1.29 is 86.6 Å². The second kappa shape index (κ2) is 40.0. The number of carbonyl (C=O) groups is 13. The summed E-state index contributed by atoms with van der Waals surface area (Å²) in [6, 6.07) is -12.4. The predicted octanol–water partition coefficient (Wildman–Crippen LogP) is 3.71. The van der Waals surface area contributed by atoms with Crippen molar-refractivity contribution in [2.45, 2.75) is 242 Å². The first-order valence-corrected chi connectivity index (χ1v) is 34.5. The van der Waals surface area contributed by atoms with Crippen LogP contribution < -0.4 is 31.3 Å². The monoisotopic (exact) mass is 1430 g/mol. The summed E-state index contributed by atoms with van der Waals surface area (Å²) < 4.78 is 16.4. The maximum atomic E-state index is 15.3. The fourth-order valence-corrected chi connectivity index (χ4v) is 11.9. The number of hydrogen-bond acceptors (Lipinski definition) is 19. The molecule has 1 aromatic carbocycles. The molecule has 101 heavy (non-hydrogen) atoms. The van der Waals surface area contributed by atoms with Crippen molar-refractivity contribution in [3.63, 3.8) is 0 Å². The van der Waals surface area contributed by atoms with E-state index in [9.17, 15) is 44.0 Å². The summed E-state index contributed by atoms with van der Waals surface area (Å²) in [5.41, 5.74) is -0.336. The number of amides is 11. The van der Waals surface area contributed by atoms with Crippen LogP contribution in [-0.2, 0) is 67.0 Å². The van der Waals surface area contributed by atoms with Crippen LogP contribution >= 0.6 is 0 Å². The fourth-order valence-electron chi connectivity index (χ4n) is 11.9. The number of aliphatic hydroxyl groups excluding tert-OH is 1. The van der Waals surface area contributed by atoms with E-state index >= 15 is 33.6 Å². The van der Waals surface area contributed by atoms with Gasteiger partial charge in [0.15, 0.2) is 0 Å². The van der Waals surface area contributed by atoms with Gasteiger partial charge in [-0.3, -0.25) is 67.6 Å². The van der Waals surface area contributed by atoms with E-state index in [-0.39, 0.29) is 67.2 Å². The van der Waals surface area contributed by atoms with Gasteiger partial charge in [0.2, 0.25) is 65.0 Å². The number of non-ortho nitro benzene ring substituents is 1. The molecule has 0 aromatic heterocycles. The van der Waals surface area contributed by atoms with Gasteiger partial charge in [-0.2, -0.15) is 0 Å². The largest absolute Gasteiger partial charge is 0.514 e. The van der Waals surface area contributed by atoms with Gasteiger partial charge in [0.1, 0.15) is 84.4 Å². The van der Waals surface area contributed by atoms with E-state index < -0.39 is 179 Å². The third-order valence-electron chi connectivity index (χ3n) is 17.8. The molecule has 31 nitrogen and oxygen atoms in total.